The zero-order valence-corrected chi connectivity index (χ0v) is 17.1. The molecule has 0 spiro atoms. The van der Waals surface area contributed by atoms with Crippen molar-refractivity contribution in [1.82, 2.24) is 9.80 Å². The largest absolute Gasteiger partial charge is 0.494 e. The Morgan fingerprint density at radius 3 is 2.21 bits per heavy atom. The Labute approximate surface area is 177 Å². The molecular formula is C20H18Cl2N2O5. The topological polar surface area (TPSA) is 68.3 Å². The Balaban J connectivity index is 1.45. The SMILES string of the molecule is COc1c(Cl)ccc(Cl)c1C(=O)N1CCN(C(=O)c2ccc3c(c2)OCO3)CC1. The number of ether oxygens (including phenoxy) is 3. The third-order valence-corrected chi connectivity index (χ3v) is 5.56. The van der Waals surface area contributed by atoms with Crippen molar-refractivity contribution in [1.29, 1.82) is 0 Å². The molecule has 1 saturated heterocycles. The molecule has 0 radical (unpaired) electrons. The van der Waals surface area contributed by atoms with E-state index in [4.69, 9.17) is 37.4 Å². The van der Waals surface area contributed by atoms with Crippen molar-refractivity contribution in [2.24, 2.45) is 0 Å². The van der Waals surface area contributed by atoms with Gasteiger partial charge in [0.15, 0.2) is 17.2 Å². The number of rotatable bonds is 3. The molecule has 4 rings (SSSR count). The highest BCUT2D eigenvalue weighted by molar-refractivity contribution is 6.37. The molecule has 0 bridgehead atoms. The smallest absolute Gasteiger partial charge is 0.259 e. The summed E-state index contributed by atoms with van der Waals surface area (Å²) in [6, 6.07) is 8.27. The summed E-state index contributed by atoms with van der Waals surface area (Å²) >= 11 is 12.4. The first-order chi connectivity index (χ1) is 14.0. The molecule has 2 aromatic rings. The van der Waals surface area contributed by atoms with Crippen LogP contribution in [0.25, 0.3) is 0 Å². The fourth-order valence-corrected chi connectivity index (χ4v) is 3.88. The molecule has 152 valence electrons. The number of piperazine rings is 1. The number of fused-ring (bicyclic) bond motifs is 1. The maximum absolute atomic E-state index is 13.0. The van der Waals surface area contributed by atoms with Crippen molar-refractivity contribution >= 4 is 35.0 Å². The number of halogens is 2. The quantitative estimate of drug-likeness (QED) is 0.737. The second-order valence-electron chi connectivity index (χ2n) is 6.59. The van der Waals surface area contributed by atoms with Crippen LogP contribution >= 0.6 is 23.2 Å². The van der Waals surface area contributed by atoms with E-state index < -0.39 is 0 Å². The summed E-state index contributed by atoms with van der Waals surface area (Å²) in [7, 11) is 1.44. The average molecular weight is 437 g/mol. The number of methoxy groups -OCH3 is 1. The summed E-state index contributed by atoms with van der Waals surface area (Å²) in [4.78, 5) is 29.2. The maximum Gasteiger partial charge on any atom is 0.259 e. The Hall–Kier alpha value is -2.64. The van der Waals surface area contributed by atoms with Gasteiger partial charge in [0.05, 0.1) is 17.2 Å². The van der Waals surface area contributed by atoms with Crippen molar-refractivity contribution in [2.45, 2.75) is 0 Å². The van der Waals surface area contributed by atoms with Gasteiger partial charge in [-0.25, -0.2) is 0 Å². The van der Waals surface area contributed by atoms with Crippen LogP contribution in [0.2, 0.25) is 10.0 Å². The van der Waals surface area contributed by atoms with Gasteiger partial charge in [-0.3, -0.25) is 9.59 Å². The fraction of sp³-hybridized carbons (Fsp3) is 0.300. The molecule has 2 aliphatic heterocycles. The van der Waals surface area contributed by atoms with Crippen molar-refractivity contribution in [3.8, 4) is 17.2 Å². The van der Waals surface area contributed by atoms with Crippen LogP contribution in [-0.2, 0) is 0 Å². The first-order valence-corrected chi connectivity index (χ1v) is 9.75. The van der Waals surface area contributed by atoms with Gasteiger partial charge in [0.2, 0.25) is 6.79 Å². The Bertz CT molecular complexity index is 974. The molecule has 0 saturated carbocycles. The maximum atomic E-state index is 13.0. The average Bonchev–Trinajstić information content (AvgIpc) is 3.22. The van der Waals surface area contributed by atoms with Crippen LogP contribution < -0.4 is 14.2 Å². The Morgan fingerprint density at radius 1 is 0.897 bits per heavy atom. The van der Waals surface area contributed by atoms with E-state index in [9.17, 15) is 9.59 Å². The third kappa shape index (κ3) is 3.68. The highest BCUT2D eigenvalue weighted by atomic mass is 35.5. The van der Waals surface area contributed by atoms with E-state index in [-0.39, 0.29) is 34.9 Å². The van der Waals surface area contributed by atoms with E-state index >= 15 is 0 Å². The summed E-state index contributed by atoms with van der Waals surface area (Å²) in [5.41, 5.74) is 0.755. The number of hydrogen-bond acceptors (Lipinski definition) is 5. The molecule has 7 nitrogen and oxygen atoms in total. The van der Waals surface area contributed by atoms with Crippen molar-refractivity contribution < 1.29 is 23.8 Å². The predicted octanol–water partition coefficient (Wildman–Crippen LogP) is 3.33. The molecule has 2 aromatic carbocycles. The zero-order chi connectivity index (χ0) is 20.5. The zero-order valence-electron chi connectivity index (χ0n) is 15.6. The number of benzene rings is 2. The minimum Gasteiger partial charge on any atom is -0.494 e. The van der Waals surface area contributed by atoms with Crippen LogP contribution in [0.5, 0.6) is 17.2 Å². The van der Waals surface area contributed by atoms with E-state index in [2.05, 4.69) is 0 Å². The molecular weight excluding hydrogens is 419 g/mol. The van der Waals surface area contributed by atoms with Gasteiger partial charge in [0.25, 0.3) is 11.8 Å². The monoisotopic (exact) mass is 436 g/mol. The van der Waals surface area contributed by atoms with Crippen LogP contribution in [0.1, 0.15) is 20.7 Å². The predicted molar refractivity (Wildman–Crippen MR) is 107 cm³/mol. The second kappa shape index (κ2) is 8.00. The molecule has 2 amide bonds. The van der Waals surface area contributed by atoms with E-state index in [0.29, 0.717) is 48.3 Å². The van der Waals surface area contributed by atoms with E-state index in [1.54, 1.807) is 40.1 Å². The third-order valence-electron chi connectivity index (χ3n) is 4.95. The molecule has 0 unspecified atom stereocenters. The lowest BCUT2D eigenvalue weighted by Gasteiger charge is -2.35. The van der Waals surface area contributed by atoms with Gasteiger partial charge < -0.3 is 24.0 Å². The van der Waals surface area contributed by atoms with Crippen molar-refractivity contribution in [2.75, 3.05) is 40.1 Å². The molecule has 0 aliphatic carbocycles. The summed E-state index contributed by atoms with van der Waals surface area (Å²) < 4.78 is 15.9. The van der Waals surface area contributed by atoms with Gasteiger partial charge in [0, 0.05) is 31.7 Å². The minimum atomic E-state index is -0.274. The number of nitrogens with zero attached hydrogens (tertiary/aromatic N) is 2. The van der Waals surface area contributed by atoms with Crippen LogP contribution in [0.4, 0.5) is 0 Å². The van der Waals surface area contributed by atoms with Gasteiger partial charge in [-0.1, -0.05) is 23.2 Å². The molecule has 29 heavy (non-hydrogen) atoms. The van der Waals surface area contributed by atoms with E-state index in [1.807, 2.05) is 0 Å². The standard InChI is InChI=1S/C20H18Cl2N2O5/c1-27-18-14(22)4-3-13(21)17(18)20(26)24-8-6-23(7-9-24)19(25)12-2-5-15-16(10-12)29-11-28-15/h2-5,10H,6-9,11H2,1H3. The van der Waals surface area contributed by atoms with Crippen LogP contribution in [0, 0.1) is 0 Å². The first-order valence-electron chi connectivity index (χ1n) is 9.00. The van der Waals surface area contributed by atoms with Gasteiger partial charge in [0.1, 0.15) is 5.56 Å². The van der Waals surface area contributed by atoms with E-state index in [1.165, 1.54) is 7.11 Å². The van der Waals surface area contributed by atoms with Crippen LogP contribution in [-0.4, -0.2) is 61.7 Å². The molecule has 1 fully saturated rings. The molecule has 0 atom stereocenters. The Kier molecular flexibility index (Phi) is 5.43. The summed E-state index contributed by atoms with van der Waals surface area (Å²) in [6.45, 7) is 1.71. The number of carbonyl (C=O) groups excluding carboxylic acids is 2. The number of carbonyl (C=O) groups is 2. The van der Waals surface area contributed by atoms with Crippen LogP contribution in [0.15, 0.2) is 30.3 Å². The molecule has 0 aromatic heterocycles. The first kappa shape index (κ1) is 19.7. The lowest BCUT2D eigenvalue weighted by atomic mass is 10.1. The molecule has 9 heteroatoms. The normalized spacial score (nSPS) is 15.4. The highest BCUT2D eigenvalue weighted by Gasteiger charge is 2.29. The van der Waals surface area contributed by atoms with Gasteiger partial charge in [-0.2, -0.15) is 0 Å². The lowest BCUT2D eigenvalue weighted by Crippen LogP contribution is -2.50. The van der Waals surface area contributed by atoms with Gasteiger partial charge >= 0.3 is 0 Å². The number of hydrogen-bond donors (Lipinski definition) is 0. The molecule has 2 heterocycles. The highest BCUT2D eigenvalue weighted by Crippen LogP contribution is 2.35. The van der Waals surface area contributed by atoms with Gasteiger partial charge in [-0.05, 0) is 30.3 Å². The lowest BCUT2D eigenvalue weighted by molar-refractivity contribution is 0.0533. The van der Waals surface area contributed by atoms with Crippen LogP contribution in [0.3, 0.4) is 0 Å². The fourth-order valence-electron chi connectivity index (χ4n) is 3.41. The summed E-state index contributed by atoms with van der Waals surface area (Å²) in [5, 5.41) is 0.590. The minimum absolute atomic E-state index is 0.117. The molecule has 2 aliphatic rings. The second-order valence-corrected chi connectivity index (χ2v) is 7.40. The van der Waals surface area contributed by atoms with Gasteiger partial charge in [-0.15, -0.1) is 0 Å². The molecule has 0 N–H and O–H groups in total. The van der Waals surface area contributed by atoms with E-state index in [0.717, 1.165) is 0 Å². The number of amides is 2. The Morgan fingerprint density at radius 2 is 1.52 bits per heavy atom. The van der Waals surface area contributed by atoms with Crippen molar-refractivity contribution in [3.05, 3.63) is 51.5 Å². The summed E-state index contributed by atoms with van der Waals surface area (Å²) in [6.07, 6.45) is 0. The summed E-state index contributed by atoms with van der Waals surface area (Å²) in [5.74, 6) is 1.05. The van der Waals surface area contributed by atoms with Crippen molar-refractivity contribution in [3.63, 3.8) is 0 Å².